The lowest BCUT2D eigenvalue weighted by atomic mass is 9.90. The van der Waals surface area contributed by atoms with E-state index >= 15 is 0 Å². The van der Waals surface area contributed by atoms with Crippen LogP contribution in [0.25, 0.3) is 0 Å². The number of carbonyl (C=O) groups is 1. The molecule has 1 amide bonds. The first-order chi connectivity index (χ1) is 9.61. The highest BCUT2D eigenvalue weighted by atomic mass is 35.5. The van der Waals surface area contributed by atoms with E-state index in [-0.39, 0.29) is 18.3 Å². The van der Waals surface area contributed by atoms with E-state index in [0.717, 1.165) is 35.1 Å². The number of hydrogen-bond acceptors (Lipinski definition) is 4. The maximum atomic E-state index is 12.8. The molecule has 0 saturated carbocycles. The van der Waals surface area contributed by atoms with Crippen LogP contribution in [0.3, 0.4) is 0 Å². The molecule has 1 fully saturated rings. The van der Waals surface area contributed by atoms with Crippen LogP contribution in [0.5, 0.6) is 0 Å². The first-order valence-corrected chi connectivity index (χ1v) is 8.10. The molecular formula is C14H22Cl2N2O2S. The summed E-state index contributed by atoms with van der Waals surface area (Å²) in [6.07, 6.45) is 1.45. The van der Waals surface area contributed by atoms with Crippen molar-refractivity contribution in [1.82, 2.24) is 10.2 Å². The number of thiophene rings is 1. The fraction of sp³-hybridized carbons (Fsp3) is 0.643. The lowest BCUT2D eigenvalue weighted by molar-refractivity contribution is -0.158. The third-order valence-electron chi connectivity index (χ3n) is 3.84. The molecule has 1 aliphatic rings. The Bertz CT molecular complexity index is 462. The first kappa shape index (κ1) is 18.7. The number of halogens is 2. The van der Waals surface area contributed by atoms with Gasteiger partial charge in [-0.15, -0.1) is 23.7 Å². The molecular weight excluding hydrogens is 331 g/mol. The van der Waals surface area contributed by atoms with Crippen molar-refractivity contribution in [3.8, 4) is 0 Å². The summed E-state index contributed by atoms with van der Waals surface area (Å²) >= 11 is 7.47. The van der Waals surface area contributed by atoms with E-state index in [1.54, 1.807) is 7.11 Å². The number of nitrogens with zero attached hydrogens (tertiary/aromatic N) is 1. The molecule has 1 saturated heterocycles. The number of likely N-dealkylation sites (N-methyl/N-ethyl adjacent to an activating group) is 1. The van der Waals surface area contributed by atoms with E-state index in [1.165, 1.54) is 11.3 Å². The third-order valence-corrected chi connectivity index (χ3v) is 5.05. The Kier molecular flexibility index (Phi) is 7.44. The van der Waals surface area contributed by atoms with E-state index in [1.807, 2.05) is 24.0 Å². The number of hydrogen-bond donors (Lipinski definition) is 1. The molecule has 1 aliphatic heterocycles. The van der Waals surface area contributed by atoms with Gasteiger partial charge in [0.2, 0.25) is 0 Å². The van der Waals surface area contributed by atoms with Crippen LogP contribution in [0.1, 0.15) is 24.6 Å². The van der Waals surface area contributed by atoms with E-state index in [4.69, 9.17) is 16.3 Å². The average molecular weight is 353 g/mol. The Hall–Kier alpha value is -0.330. The molecule has 0 radical (unpaired) electrons. The van der Waals surface area contributed by atoms with Crippen LogP contribution < -0.4 is 5.32 Å². The summed E-state index contributed by atoms with van der Waals surface area (Å²) in [6, 6.07) is 3.85. The normalized spacial score (nSPS) is 17.1. The van der Waals surface area contributed by atoms with E-state index in [9.17, 15) is 4.79 Å². The van der Waals surface area contributed by atoms with Crippen molar-refractivity contribution in [3.63, 3.8) is 0 Å². The topological polar surface area (TPSA) is 41.6 Å². The number of rotatable bonds is 5. The predicted molar refractivity (Wildman–Crippen MR) is 89.5 cm³/mol. The summed E-state index contributed by atoms with van der Waals surface area (Å²) in [5, 5.41) is 3.27. The fourth-order valence-electron chi connectivity index (χ4n) is 2.58. The Morgan fingerprint density at radius 1 is 1.48 bits per heavy atom. The number of amides is 1. The molecule has 120 valence electrons. The number of carbonyl (C=O) groups excluding carboxylic acids is 1. The zero-order chi connectivity index (χ0) is 14.6. The number of ether oxygens (including phenoxy) is 1. The molecule has 2 heterocycles. The van der Waals surface area contributed by atoms with E-state index in [2.05, 4.69) is 5.32 Å². The van der Waals surface area contributed by atoms with Crippen LogP contribution in [0.2, 0.25) is 4.34 Å². The van der Waals surface area contributed by atoms with Crippen LogP contribution in [0, 0.1) is 0 Å². The van der Waals surface area contributed by atoms with Gasteiger partial charge in [0.25, 0.3) is 5.91 Å². The van der Waals surface area contributed by atoms with Gasteiger partial charge in [0.05, 0.1) is 10.9 Å². The minimum absolute atomic E-state index is 0. The molecule has 1 N–H and O–H groups in total. The smallest absolute Gasteiger partial charge is 0.255 e. The minimum atomic E-state index is -0.664. The standard InChI is InChI=1S/C14H21ClN2O2S.ClH/c1-3-17(10-11-4-5-12(15)20-11)13(18)14(19-2)6-8-16-9-7-14;/h4-5,16H,3,6-10H2,1-2H3;1H. The highest BCUT2D eigenvalue weighted by Gasteiger charge is 2.42. The lowest BCUT2D eigenvalue weighted by Crippen LogP contribution is -2.55. The Morgan fingerprint density at radius 2 is 2.14 bits per heavy atom. The van der Waals surface area contributed by atoms with Gasteiger partial charge < -0.3 is 15.0 Å². The van der Waals surface area contributed by atoms with Gasteiger partial charge in [0, 0.05) is 18.5 Å². The van der Waals surface area contributed by atoms with Crippen molar-refractivity contribution in [2.24, 2.45) is 0 Å². The van der Waals surface area contributed by atoms with Gasteiger partial charge in [-0.2, -0.15) is 0 Å². The zero-order valence-corrected chi connectivity index (χ0v) is 14.7. The molecule has 21 heavy (non-hydrogen) atoms. The van der Waals surface area contributed by atoms with Gasteiger partial charge in [0.1, 0.15) is 5.60 Å². The Labute approximate surface area is 141 Å². The highest BCUT2D eigenvalue weighted by molar-refractivity contribution is 7.16. The molecule has 7 heteroatoms. The summed E-state index contributed by atoms with van der Waals surface area (Å²) in [5.41, 5.74) is -0.664. The number of nitrogens with one attached hydrogen (secondary N) is 1. The molecule has 0 aliphatic carbocycles. The Balaban J connectivity index is 0.00000220. The second kappa shape index (κ2) is 8.34. The number of piperidine rings is 1. The van der Waals surface area contributed by atoms with Gasteiger partial charge >= 0.3 is 0 Å². The Morgan fingerprint density at radius 3 is 2.62 bits per heavy atom. The fourth-order valence-corrected chi connectivity index (χ4v) is 3.68. The second-order valence-corrected chi connectivity index (χ2v) is 6.77. The summed E-state index contributed by atoms with van der Waals surface area (Å²) in [7, 11) is 1.64. The lowest BCUT2D eigenvalue weighted by Gasteiger charge is -2.38. The third kappa shape index (κ3) is 4.33. The van der Waals surface area contributed by atoms with Gasteiger partial charge in [-0.1, -0.05) is 11.6 Å². The molecule has 0 bridgehead atoms. The first-order valence-electron chi connectivity index (χ1n) is 6.91. The van der Waals surface area contributed by atoms with Crippen LogP contribution >= 0.6 is 35.3 Å². The van der Waals surface area contributed by atoms with Gasteiger partial charge in [0.15, 0.2) is 0 Å². The van der Waals surface area contributed by atoms with Gasteiger partial charge in [-0.25, -0.2) is 0 Å². The summed E-state index contributed by atoms with van der Waals surface area (Å²) in [5.74, 6) is 0.0912. The maximum Gasteiger partial charge on any atom is 0.255 e. The summed E-state index contributed by atoms with van der Waals surface area (Å²) < 4.78 is 6.37. The molecule has 4 nitrogen and oxygen atoms in total. The molecule has 1 aromatic heterocycles. The minimum Gasteiger partial charge on any atom is -0.368 e. The molecule has 0 aromatic carbocycles. The van der Waals surface area contributed by atoms with Crippen molar-refractivity contribution in [2.75, 3.05) is 26.7 Å². The van der Waals surface area contributed by atoms with E-state index in [0.29, 0.717) is 13.1 Å². The second-order valence-electron chi connectivity index (χ2n) is 4.97. The summed E-state index contributed by atoms with van der Waals surface area (Å²) in [4.78, 5) is 15.8. The van der Waals surface area contributed by atoms with Gasteiger partial charge in [-0.3, -0.25) is 4.79 Å². The van der Waals surface area contributed by atoms with Crippen molar-refractivity contribution < 1.29 is 9.53 Å². The molecule has 0 unspecified atom stereocenters. The van der Waals surface area contributed by atoms with Crippen molar-refractivity contribution in [3.05, 3.63) is 21.3 Å². The molecule has 0 atom stereocenters. The van der Waals surface area contributed by atoms with Gasteiger partial charge in [-0.05, 0) is 45.0 Å². The summed E-state index contributed by atoms with van der Waals surface area (Å²) in [6.45, 7) is 4.92. The molecule has 1 aromatic rings. The van der Waals surface area contributed by atoms with Crippen LogP contribution in [-0.4, -0.2) is 43.2 Å². The van der Waals surface area contributed by atoms with Crippen LogP contribution in [0.4, 0.5) is 0 Å². The molecule has 2 rings (SSSR count). The molecule has 0 spiro atoms. The largest absolute Gasteiger partial charge is 0.368 e. The highest BCUT2D eigenvalue weighted by Crippen LogP contribution is 2.28. The average Bonchev–Trinajstić information content (AvgIpc) is 2.90. The van der Waals surface area contributed by atoms with Crippen molar-refractivity contribution in [2.45, 2.75) is 31.9 Å². The SMILES string of the molecule is CCN(Cc1ccc(Cl)s1)C(=O)C1(OC)CCNCC1.Cl. The van der Waals surface area contributed by atoms with Crippen LogP contribution in [-0.2, 0) is 16.1 Å². The van der Waals surface area contributed by atoms with E-state index < -0.39 is 5.60 Å². The maximum absolute atomic E-state index is 12.8. The van der Waals surface area contributed by atoms with Crippen molar-refractivity contribution >= 4 is 41.3 Å². The van der Waals surface area contributed by atoms with Crippen LogP contribution in [0.15, 0.2) is 12.1 Å². The van der Waals surface area contributed by atoms with Crippen molar-refractivity contribution in [1.29, 1.82) is 0 Å². The zero-order valence-electron chi connectivity index (χ0n) is 12.4. The quantitative estimate of drug-likeness (QED) is 0.885. The monoisotopic (exact) mass is 352 g/mol. The number of methoxy groups -OCH3 is 1. The predicted octanol–water partition coefficient (Wildman–Crippen LogP) is 2.94.